The first-order valence-corrected chi connectivity index (χ1v) is 7.72. The third-order valence-corrected chi connectivity index (χ3v) is 4.17. The molecule has 1 saturated heterocycles. The summed E-state index contributed by atoms with van der Waals surface area (Å²) >= 11 is 1.55. The highest BCUT2D eigenvalue weighted by Crippen LogP contribution is 2.24. The predicted molar refractivity (Wildman–Crippen MR) is 78.5 cm³/mol. The van der Waals surface area contributed by atoms with Crippen molar-refractivity contribution in [2.24, 2.45) is 0 Å². The number of rotatable bonds is 3. The maximum atomic E-state index is 12.2. The van der Waals surface area contributed by atoms with E-state index in [0.717, 1.165) is 10.7 Å². The molecular formula is C14H21N3O2S. The van der Waals surface area contributed by atoms with Crippen LogP contribution in [-0.2, 0) is 21.5 Å². The smallest absolute Gasteiger partial charge is 0.245 e. The van der Waals surface area contributed by atoms with Gasteiger partial charge in [-0.15, -0.1) is 11.3 Å². The number of nitrogens with one attached hydrogen (secondary N) is 1. The van der Waals surface area contributed by atoms with Crippen LogP contribution in [0.3, 0.4) is 0 Å². The Hall–Kier alpha value is -1.43. The second kappa shape index (κ2) is 5.52. The minimum absolute atomic E-state index is 0.00395. The summed E-state index contributed by atoms with van der Waals surface area (Å²) in [7, 11) is 0. The fourth-order valence-electron chi connectivity index (χ4n) is 2.08. The fraction of sp³-hybridized carbons (Fsp3) is 0.643. The Morgan fingerprint density at radius 1 is 1.45 bits per heavy atom. The van der Waals surface area contributed by atoms with Crippen LogP contribution in [-0.4, -0.2) is 34.3 Å². The van der Waals surface area contributed by atoms with Gasteiger partial charge >= 0.3 is 0 Å². The lowest BCUT2D eigenvalue weighted by molar-refractivity contribution is -0.144. The van der Waals surface area contributed by atoms with Gasteiger partial charge in [0.1, 0.15) is 17.6 Å². The van der Waals surface area contributed by atoms with Gasteiger partial charge in [0, 0.05) is 10.8 Å². The van der Waals surface area contributed by atoms with Crippen LogP contribution < -0.4 is 5.32 Å². The standard InChI is InChI=1S/C14H21N3O2S/c1-5-9-13(19)17(6-11(18)15-9)7-12-16-10(8-20-12)14(2,3)4/h8-9H,5-7H2,1-4H3,(H,15,18). The zero-order valence-electron chi connectivity index (χ0n) is 12.4. The molecule has 0 saturated carbocycles. The molecule has 2 rings (SSSR count). The summed E-state index contributed by atoms with van der Waals surface area (Å²) in [5, 5.41) is 5.63. The highest BCUT2D eigenvalue weighted by atomic mass is 32.1. The van der Waals surface area contributed by atoms with Crippen molar-refractivity contribution in [1.82, 2.24) is 15.2 Å². The number of amides is 2. The number of hydrogen-bond acceptors (Lipinski definition) is 4. The Morgan fingerprint density at radius 3 is 2.70 bits per heavy atom. The molecule has 2 amide bonds. The minimum atomic E-state index is -0.390. The van der Waals surface area contributed by atoms with Crippen LogP contribution in [0.25, 0.3) is 0 Å². The Balaban J connectivity index is 2.10. The quantitative estimate of drug-likeness (QED) is 0.923. The lowest BCUT2D eigenvalue weighted by Gasteiger charge is -2.31. The minimum Gasteiger partial charge on any atom is -0.343 e. The van der Waals surface area contributed by atoms with Gasteiger partial charge in [0.25, 0.3) is 0 Å². The number of carbonyl (C=O) groups excluding carboxylic acids is 2. The van der Waals surface area contributed by atoms with E-state index >= 15 is 0 Å². The van der Waals surface area contributed by atoms with E-state index in [-0.39, 0.29) is 23.8 Å². The van der Waals surface area contributed by atoms with Crippen molar-refractivity contribution < 1.29 is 9.59 Å². The molecule has 1 fully saturated rings. The maximum absolute atomic E-state index is 12.2. The molecule has 1 aliphatic rings. The topological polar surface area (TPSA) is 62.3 Å². The highest BCUT2D eigenvalue weighted by Gasteiger charge is 2.32. The fourth-order valence-corrected chi connectivity index (χ4v) is 3.11. The molecule has 2 heterocycles. The first kappa shape index (κ1) is 15.0. The Morgan fingerprint density at radius 2 is 2.15 bits per heavy atom. The molecule has 0 aliphatic carbocycles. The van der Waals surface area contributed by atoms with Crippen molar-refractivity contribution in [3.8, 4) is 0 Å². The van der Waals surface area contributed by atoms with Gasteiger partial charge in [-0.3, -0.25) is 9.59 Å². The molecule has 1 aromatic heterocycles. The van der Waals surface area contributed by atoms with Crippen molar-refractivity contribution in [3.63, 3.8) is 0 Å². The summed E-state index contributed by atoms with van der Waals surface area (Å²) in [6.45, 7) is 8.77. The normalized spacial score (nSPS) is 20.2. The third kappa shape index (κ3) is 3.17. The summed E-state index contributed by atoms with van der Waals surface area (Å²) in [5.41, 5.74) is 1.03. The van der Waals surface area contributed by atoms with Crippen molar-refractivity contribution in [1.29, 1.82) is 0 Å². The summed E-state index contributed by atoms with van der Waals surface area (Å²) in [5.74, 6) is -0.108. The van der Waals surface area contributed by atoms with Gasteiger partial charge in [-0.2, -0.15) is 0 Å². The summed E-state index contributed by atoms with van der Waals surface area (Å²) in [4.78, 5) is 30.0. The summed E-state index contributed by atoms with van der Waals surface area (Å²) in [6, 6.07) is -0.390. The molecule has 1 aliphatic heterocycles. The molecule has 1 N–H and O–H groups in total. The molecule has 5 nitrogen and oxygen atoms in total. The van der Waals surface area contributed by atoms with E-state index < -0.39 is 6.04 Å². The van der Waals surface area contributed by atoms with E-state index in [1.807, 2.05) is 12.3 Å². The van der Waals surface area contributed by atoms with E-state index in [1.165, 1.54) is 0 Å². The first-order chi connectivity index (χ1) is 9.31. The third-order valence-electron chi connectivity index (χ3n) is 3.33. The van der Waals surface area contributed by atoms with Crippen molar-refractivity contribution in [2.45, 2.75) is 52.1 Å². The number of aromatic nitrogens is 1. The van der Waals surface area contributed by atoms with E-state index in [9.17, 15) is 9.59 Å². The first-order valence-electron chi connectivity index (χ1n) is 6.84. The highest BCUT2D eigenvalue weighted by molar-refractivity contribution is 7.09. The molecule has 1 aromatic rings. The zero-order valence-corrected chi connectivity index (χ0v) is 13.2. The average molecular weight is 295 g/mol. The van der Waals surface area contributed by atoms with E-state index in [1.54, 1.807) is 16.2 Å². The molecule has 6 heteroatoms. The van der Waals surface area contributed by atoms with Gasteiger partial charge in [-0.05, 0) is 6.42 Å². The lowest BCUT2D eigenvalue weighted by Crippen LogP contribution is -2.57. The van der Waals surface area contributed by atoms with Crippen molar-refractivity contribution >= 4 is 23.2 Å². The molecular weight excluding hydrogens is 274 g/mol. The van der Waals surface area contributed by atoms with Crippen molar-refractivity contribution in [2.75, 3.05) is 6.54 Å². The van der Waals surface area contributed by atoms with E-state index in [4.69, 9.17) is 0 Å². The number of carbonyl (C=O) groups is 2. The van der Waals surface area contributed by atoms with Crippen LogP contribution in [0.5, 0.6) is 0 Å². The SMILES string of the molecule is CCC1NC(=O)CN(Cc2nc(C(C)(C)C)cs2)C1=O. The van der Waals surface area contributed by atoms with Gasteiger partial charge < -0.3 is 10.2 Å². The van der Waals surface area contributed by atoms with Crippen LogP contribution in [0.1, 0.15) is 44.8 Å². The molecule has 0 radical (unpaired) electrons. The van der Waals surface area contributed by atoms with Gasteiger partial charge in [-0.1, -0.05) is 27.7 Å². The lowest BCUT2D eigenvalue weighted by atomic mass is 9.93. The number of thiazole rings is 1. The molecule has 1 unspecified atom stereocenters. The predicted octanol–water partition coefficient (Wildman–Crippen LogP) is 1.68. The Kier molecular flexibility index (Phi) is 4.13. The van der Waals surface area contributed by atoms with Gasteiger partial charge in [0.05, 0.1) is 12.2 Å². The van der Waals surface area contributed by atoms with Crippen molar-refractivity contribution in [3.05, 3.63) is 16.1 Å². The van der Waals surface area contributed by atoms with E-state index in [0.29, 0.717) is 13.0 Å². The van der Waals surface area contributed by atoms with Crippen LogP contribution in [0, 0.1) is 0 Å². The number of hydrogen-bond donors (Lipinski definition) is 1. The van der Waals surface area contributed by atoms with Crippen LogP contribution in [0.15, 0.2) is 5.38 Å². The van der Waals surface area contributed by atoms with Crippen LogP contribution in [0.4, 0.5) is 0 Å². The van der Waals surface area contributed by atoms with Crippen LogP contribution >= 0.6 is 11.3 Å². The van der Waals surface area contributed by atoms with E-state index in [2.05, 4.69) is 31.1 Å². The maximum Gasteiger partial charge on any atom is 0.245 e. The molecule has 110 valence electrons. The zero-order chi connectivity index (χ0) is 14.9. The second-order valence-corrected chi connectivity index (χ2v) is 7.04. The largest absolute Gasteiger partial charge is 0.343 e. The molecule has 0 spiro atoms. The molecule has 0 aromatic carbocycles. The summed E-state index contributed by atoms with van der Waals surface area (Å²) < 4.78 is 0. The van der Waals surface area contributed by atoms with Crippen LogP contribution in [0.2, 0.25) is 0 Å². The van der Waals surface area contributed by atoms with Gasteiger partial charge in [-0.25, -0.2) is 4.98 Å². The average Bonchev–Trinajstić information content (AvgIpc) is 2.81. The second-order valence-electron chi connectivity index (χ2n) is 6.10. The number of piperazine rings is 1. The summed E-state index contributed by atoms with van der Waals surface area (Å²) in [6.07, 6.45) is 0.617. The Bertz CT molecular complexity index is 519. The molecule has 1 atom stereocenters. The number of nitrogens with zero attached hydrogens (tertiary/aromatic N) is 2. The molecule has 20 heavy (non-hydrogen) atoms. The monoisotopic (exact) mass is 295 g/mol. The molecule has 0 bridgehead atoms. The van der Waals surface area contributed by atoms with Gasteiger partial charge in [0.15, 0.2) is 0 Å². The van der Waals surface area contributed by atoms with Gasteiger partial charge in [0.2, 0.25) is 11.8 Å². The Labute approximate surface area is 123 Å².